The third-order valence-electron chi connectivity index (χ3n) is 2.61. The topological polar surface area (TPSA) is 87.7 Å². The number of ether oxygens (including phenoxy) is 1. The maximum Gasteiger partial charge on any atom is 0.325 e. The average Bonchev–Trinajstić information content (AvgIpc) is 2.27. The molecule has 6 nitrogen and oxygen atoms in total. The van der Waals surface area contributed by atoms with E-state index in [1.165, 1.54) is 6.92 Å². The minimum Gasteiger partial charge on any atom is -0.480 e. The van der Waals surface area contributed by atoms with E-state index in [1.54, 1.807) is 0 Å². The van der Waals surface area contributed by atoms with E-state index < -0.39 is 18.0 Å². The van der Waals surface area contributed by atoms with Crippen LogP contribution in [0.25, 0.3) is 0 Å². The fraction of sp³-hybridized carbons (Fsp3) is 0.800. The molecule has 0 aliphatic carbocycles. The molecule has 1 fully saturated rings. The highest BCUT2D eigenvalue weighted by Gasteiger charge is 2.17. The molecule has 1 atom stereocenters. The van der Waals surface area contributed by atoms with Crippen LogP contribution in [0, 0.1) is 5.92 Å². The number of nitrogens with one attached hydrogen (secondary N) is 2. The summed E-state index contributed by atoms with van der Waals surface area (Å²) in [7, 11) is 0. The van der Waals surface area contributed by atoms with E-state index in [0.717, 1.165) is 26.1 Å². The van der Waals surface area contributed by atoms with Crippen molar-refractivity contribution in [3.63, 3.8) is 0 Å². The minimum absolute atomic E-state index is 0.429. The molecule has 0 spiro atoms. The van der Waals surface area contributed by atoms with Gasteiger partial charge in [0.2, 0.25) is 0 Å². The molecule has 0 bridgehead atoms. The lowest BCUT2D eigenvalue weighted by Crippen LogP contribution is -2.45. The minimum atomic E-state index is -1.04. The number of carbonyl (C=O) groups is 2. The van der Waals surface area contributed by atoms with Crippen LogP contribution in [-0.4, -0.2) is 42.9 Å². The lowest BCUT2D eigenvalue weighted by Gasteiger charge is -2.22. The zero-order valence-corrected chi connectivity index (χ0v) is 9.36. The Kier molecular flexibility index (Phi) is 5.04. The Bertz CT molecular complexity index is 251. The molecule has 16 heavy (non-hydrogen) atoms. The van der Waals surface area contributed by atoms with E-state index in [-0.39, 0.29) is 0 Å². The van der Waals surface area contributed by atoms with Gasteiger partial charge in [0.1, 0.15) is 6.04 Å². The van der Waals surface area contributed by atoms with Crippen LogP contribution in [-0.2, 0) is 9.53 Å². The second-order valence-corrected chi connectivity index (χ2v) is 3.97. The number of carboxylic acid groups (broad SMARTS) is 1. The van der Waals surface area contributed by atoms with Gasteiger partial charge in [0, 0.05) is 19.8 Å². The van der Waals surface area contributed by atoms with Crippen molar-refractivity contribution in [2.24, 2.45) is 5.92 Å². The van der Waals surface area contributed by atoms with Gasteiger partial charge in [0.05, 0.1) is 0 Å². The van der Waals surface area contributed by atoms with Crippen molar-refractivity contribution in [1.29, 1.82) is 0 Å². The molecule has 0 saturated carbocycles. The quantitative estimate of drug-likeness (QED) is 0.643. The van der Waals surface area contributed by atoms with Crippen molar-refractivity contribution in [3.05, 3.63) is 0 Å². The smallest absolute Gasteiger partial charge is 0.325 e. The number of carbonyl (C=O) groups excluding carboxylic acids is 1. The van der Waals surface area contributed by atoms with Crippen LogP contribution in [0.4, 0.5) is 4.79 Å². The van der Waals surface area contributed by atoms with Gasteiger partial charge in [-0.05, 0) is 25.7 Å². The molecule has 2 amide bonds. The van der Waals surface area contributed by atoms with Gasteiger partial charge in [-0.15, -0.1) is 0 Å². The Balaban J connectivity index is 2.16. The summed E-state index contributed by atoms with van der Waals surface area (Å²) in [6.07, 6.45) is 1.88. The molecule has 6 heteroatoms. The molecule has 0 aromatic heterocycles. The van der Waals surface area contributed by atoms with E-state index in [4.69, 9.17) is 9.84 Å². The molecule has 0 aromatic rings. The Morgan fingerprint density at radius 1 is 1.44 bits per heavy atom. The van der Waals surface area contributed by atoms with Gasteiger partial charge in [0.15, 0.2) is 0 Å². The van der Waals surface area contributed by atoms with Gasteiger partial charge in [-0.1, -0.05) is 0 Å². The Labute approximate surface area is 94.3 Å². The van der Waals surface area contributed by atoms with E-state index in [0.29, 0.717) is 12.5 Å². The first-order valence-electron chi connectivity index (χ1n) is 5.44. The first kappa shape index (κ1) is 12.8. The van der Waals surface area contributed by atoms with Gasteiger partial charge >= 0.3 is 12.0 Å². The predicted octanol–water partition coefficient (Wildman–Crippen LogP) is 0.185. The maximum absolute atomic E-state index is 11.3. The summed E-state index contributed by atoms with van der Waals surface area (Å²) in [4.78, 5) is 21.8. The van der Waals surface area contributed by atoms with E-state index in [9.17, 15) is 9.59 Å². The van der Waals surface area contributed by atoms with Crippen molar-refractivity contribution < 1.29 is 19.4 Å². The van der Waals surface area contributed by atoms with Crippen molar-refractivity contribution in [3.8, 4) is 0 Å². The summed E-state index contributed by atoms with van der Waals surface area (Å²) in [6, 6.07) is -1.30. The molecule has 0 radical (unpaired) electrons. The highest BCUT2D eigenvalue weighted by atomic mass is 16.5. The highest BCUT2D eigenvalue weighted by Crippen LogP contribution is 2.12. The number of hydrogen-bond acceptors (Lipinski definition) is 3. The SMILES string of the molecule is CC(NC(=O)NCC1CCOCC1)C(=O)O. The van der Waals surface area contributed by atoms with Gasteiger partial charge in [-0.25, -0.2) is 4.79 Å². The molecule has 1 aliphatic rings. The third kappa shape index (κ3) is 4.48. The highest BCUT2D eigenvalue weighted by molar-refractivity contribution is 5.82. The Morgan fingerprint density at radius 2 is 2.06 bits per heavy atom. The van der Waals surface area contributed by atoms with Gasteiger partial charge in [0.25, 0.3) is 0 Å². The summed E-state index contributed by atoms with van der Waals surface area (Å²) in [5.74, 6) is -0.610. The largest absolute Gasteiger partial charge is 0.480 e. The van der Waals surface area contributed by atoms with Gasteiger partial charge in [-0.3, -0.25) is 4.79 Å². The maximum atomic E-state index is 11.3. The van der Waals surface area contributed by atoms with Crippen molar-refractivity contribution in [1.82, 2.24) is 10.6 Å². The van der Waals surface area contributed by atoms with Crippen LogP contribution in [0.2, 0.25) is 0 Å². The van der Waals surface area contributed by atoms with E-state index in [1.807, 2.05) is 0 Å². The standard InChI is InChI=1S/C10H18N2O4/c1-7(9(13)14)12-10(15)11-6-8-2-4-16-5-3-8/h7-8H,2-6H2,1H3,(H,13,14)(H2,11,12,15). The number of rotatable bonds is 4. The molecule has 1 rings (SSSR count). The monoisotopic (exact) mass is 230 g/mol. The fourth-order valence-corrected chi connectivity index (χ4v) is 1.50. The Morgan fingerprint density at radius 3 is 2.62 bits per heavy atom. The normalized spacial score (nSPS) is 18.8. The lowest BCUT2D eigenvalue weighted by molar-refractivity contribution is -0.138. The summed E-state index contributed by atoms with van der Waals surface area (Å²) in [6.45, 7) is 3.47. The molecule has 1 heterocycles. The first-order chi connectivity index (χ1) is 7.59. The van der Waals surface area contributed by atoms with Crippen LogP contribution in [0.3, 0.4) is 0 Å². The number of amides is 2. The fourth-order valence-electron chi connectivity index (χ4n) is 1.50. The van der Waals surface area contributed by atoms with Crippen LogP contribution in [0.1, 0.15) is 19.8 Å². The lowest BCUT2D eigenvalue weighted by atomic mass is 10.0. The predicted molar refractivity (Wildman–Crippen MR) is 57.2 cm³/mol. The number of aliphatic carboxylic acids is 1. The van der Waals surface area contributed by atoms with Gasteiger partial charge < -0.3 is 20.5 Å². The molecule has 1 saturated heterocycles. The number of carboxylic acids is 1. The van der Waals surface area contributed by atoms with Crippen LogP contribution in [0.5, 0.6) is 0 Å². The average molecular weight is 230 g/mol. The second-order valence-electron chi connectivity index (χ2n) is 3.97. The molecule has 1 aliphatic heterocycles. The van der Waals surface area contributed by atoms with Gasteiger partial charge in [-0.2, -0.15) is 0 Å². The molecule has 92 valence electrons. The van der Waals surface area contributed by atoms with E-state index >= 15 is 0 Å². The van der Waals surface area contributed by atoms with Crippen molar-refractivity contribution >= 4 is 12.0 Å². The molecular weight excluding hydrogens is 212 g/mol. The molecule has 3 N–H and O–H groups in total. The molecule has 0 aromatic carbocycles. The first-order valence-corrected chi connectivity index (χ1v) is 5.44. The second kappa shape index (κ2) is 6.32. The molecular formula is C10H18N2O4. The van der Waals surface area contributed by atoms with Crippen molar-refractivity contribution in [2.45, 2.75) is 25.8 Å². The summed E-state index contributed by atoms with van der Waals surface area (Å²) in [5.41, 5.74) is 0. The summed E-state index contributed by atoms with van der Waals surface area (Å²) < 4.78 is 5.20. The zero-order chi connectivity index (χ0) is 12.0. The zero-order valence-electron chi connectivity index (χ0n) is 9.36. The summed E-state index contributed by atoms with van der Waals surface area (Å²) in [5, 5.41) is 13.6. The number of urea groups is 1. The van der Waals surface area contributed by atoms with Crippen molar-refractivity contribution in [2.75, 3.05) is 19.8 Å². The van der Waals surface area contributed by atoms with Crippen LogP contribution >= 0.6 is 0 Å². The number of hydrogen-bond donors (Lipinski definition) is 3. The Hall–Kier alpha value is -1.30. The summed E-state index contributed by atoms with van der Waals surface area (Å²) >= 11 is 0. The van der Waals surface area contributed by atoms with Crippen LogP contribution in [0.15, 0.2) is 0 Å². The van der Waals surface area contributed by atoms with E-state index in [2.05, 4.69) is 10.6 Å². The molecule has 1 unspecified atom stereocenters. The van der Waals surface area contributed by atoms with Crippen LogP contribution < -0.4 is 10.6 Å². The third-order valence-corrected chi connectivity index (χ3v) is 2.61.